The van der Waals surface area contributed by atoms with Gasteiger partial charge in [0.2, 0.25) is 0 Å². The van der Waals surface area contributed by atoms with Gasteiger partial charge in [0.15, 0.2) is 11.6 Å². The molecule has 0 fully saturated rings. The Hall–Kier alpha value is -2.62. The number of oxime groups is 1. The number of hydrogen-bond acceptors (Lipinski definition) is 4. The summed E-state index contributed by atoms with van der Waals surface area (Å²) in [6.45, 7) is 3.25. The molecule has 2 aromatic carbocycles. The second-order valence-electron chi connectivity index (χ2n) is 5.08. The first-order valence-corrected chi connectivity index (χ1v) is 6.81. The van der Waals surface area contributed by atoms with E-state index in [0.717, 1.165) is 11.3 Å². The molecule has 4 heteroatoms. The van der Waals surface area contributed by atoms with Crippen LogP contribution in [0.1, 0.15) is 19.4 Å². The lowest BCUT2D eigenvalue weighted by Crippen LogP contribution is -2.51. The average Bonchev–Trinajstić information content (AvgIpc) is 2.88. The lowest BCUT2D eigenvalue weighted by Gasteiger charge is -2.32. The van der Waals surface area contributed by atoms with Gasteiger partial charge in [-0.05, 0) is 12.1 Å². The van der Waals surface area contributed by atoms with Crippen molar-refractivity contribution >= 4 is 17.3 Å². The Morgan fingerprint density at radius 2 is 1.62 bits per heavy atom. The minimum atomic E-state index is -1.12. The molecule has 0 saturated heterocycles. The molecule has 0 aliphatic carbocycles. The number of hydrogen-bond donors (Lipinski definition) is 0. The molecular formula is C17H16N2O2. The van der Waals surface area contributed by atoms with Gasteiger partial charge in [-0.2, -0.15) is 0 Å². The van der Waals surface area contributed by atoms with Gasteiger partial charge in [0, 0.05) is 25.1 Å². The molecule has 1 heterocycles. The summed E-state index contributed by atoms with van der Waals surface area (Å²) in [5, 5.41) is 4.16. The molecular weight excluding hydrogens is 264 g/mol. The first-order chi connectivity index (χ1) is 10.1. The van der Waals surface area contributed by atoms with E-state index in [-0.39, 0.29) is 5.78 Å². The lowest BCUT2D eigenvalue weighted by molar-refractivity contribution is -0.136. The van der Waals surface area contributed by atoms with Crippen LogP contribution in [0.4, 0.5) is 5.69 Å². The fourth-order valence-electron chi connectivity index (χ4n) is 2.35. The SMILES string of the molecule is CC(=O)C1(C)ON=C(c2ccccc2)N1c1ccccc1. The zero-order chi connectivity index (χ0) is 14.9. The third kappa shape index (κ3) is 2.18. The van der Waals surface area contributed by atoms with Crippen LogP contribution in [0, 0.1) is 0 Å². The van der Waals surface area contributed by atoms with E-state index in [2.05, 4.69) is 5.16 Å². The number of Topliss-reactive ketones (excluding diaryl/α,β-unsaturated/α-hetero) is 1. The zero-order valence-corrected chi connectivity index (χ0v) is 12.0. The highest BCUT2D eigenvalue weighted by atomic mass is 16.7. The summed E-state index contributed by atoms with van der Waals surface area (Å²) >= 11 is 0. The van der Waals surface area contributed by atoms with Crippen LogP contribution in [0.15, 0.2) is 65.8 Å². The minimum absolute atomic E-state index is 0.0963. The van der Waals surface area contributed by atoms with Crippen molar-refractivity contribution in [1.29, 1.82) is 0 Å². The molecule has 0 amide bonds. The second-order valence-corrected chi connectivity index (χ2v) is 5.08. The van der Waals surface area contributed by atoms with E-state index in [1.165, 1.54) is 6.92 Å². The average molecular weight is 280 g/mol. The van der Waals surface area contributed by atoms with Crippen molar-refractivity contribution in [3.05, 3.63) is 66.2 Å². The molecule has 2 aromatic rings. The standard InChI is InChI=1S/C17H16N2O2/c1-13(20)17(2)19(15-11-7-4-8-12-15)16(18-21-17)14-9-5-3-6-10-14/h3-12H,1-2H3. The van der Waals surface area contributed by atoms with Crippen LogP contribution in [0.3, 0.4) is 0 Å². The van der Waals surface area contributed by atoms with Gasteiger partial charge >= 0.3 is 0 Å². The zero-order valence-electron chi connectivity index (χ0n) is 12.0. The molecule has 0 radical (unpaired) electrons. The van der Waals surface area contributed by atoms with E-state index in [1.54, 1.807) is 6.92 Å². The molecule has 0 N–H and O–H groups in total. The van der Waals surface area contributed by atoms with Gasteiger partial charge in [-0.1, -0.05) is 53.7 Å². The number of rotatable bonds is 3. The molecule has 21 heavy (non-hydrogen) atoms. The molecule has 0 spiro atoms. The molecule has 1 unspecified atom stereocenters. The number of para-hydroxylation sites is 1. The maximum Gasteiger partial charge on any atom is 0.271 e. The van der Waals surface area contributed by atoms with Gasteiger partial charge in [0.1, 0.15) is 0 Å². The van der Waals surface area contributed by atoms with Crippen LogP contribution in [-0.2, 0) is 9.63 Å². The summed E-state index contributed by atoms with van der Waals surface area (Å²) in [4.78, 5) is 19.4. The van der Waals surface area contributed by atoms with Crippen LogP contribution in [0.25, 0.3) is 0 Å². The van der Waals surface area contributed by atoms with E-state index in [4.69, 9.17) is 4.84 Å². The molecule has 3 rings (SSSR count). The number of anilines is 1. The highest BCUT2D eigenvalue weighted by Gasteiger charge is 2.47. The topological polar surface area (TPSA) is 41.9 Å². The Morgan fingerprint density at radius 3 is 2.19 bits per heavy atom. The smallest absolute Gasteiger partial charge is 0.271 e. The highest BCUT2D eigenvalue weighted by Crippen LogP contribution is 2.33. The van der Waals surface area contributed by atoms with Crippen LogP contribution in [0.5, 0.6) is 0 Å². The van der Waals surface area contributed by atoms with Gasteiger partial charge in [-0.25, -0.2) is 0 Å². The number of nitrogens with zero attached hydrogens (tertiary/aromatic N) is 2. The van der Waals surface area contributed by atoms with Crippen LogP contribution >= 0.6 is 0 Å². The van der Waals surface area contributed by atoms with Crippen LogP contribution in [-0.4, -0.2) is 17.3 Å². The lowest BCUT2D eigenvalue weighted by atomic mass is 10.1. The van der Waals surface area contributed by atoms with Crippen molar-refractivity contribution in [3.63, 3.8) is 0 Å². The van der Waals surface area contributed by atoms with Crippen molar-refractivity contribution in [1.82, 2.24) is 0 Å². The van der Waals surface area contributed by atoms with Crippen LogP contribution in [0.2, 0.25) is 0 Å². The third-order valence-electron chi connectivity index (χ3n) is 3.65. The molecule has 4 nitrogen and oxygen atoms in total. The Balaban J connectivity index is 2.11. The molecule has 1 aliphatic rings. The van der Waals surface area contributed by atoms with E-state index < -0.39 is 5.72 Å². The van der Waals surface area contributed by atoms with E-state index in [1.807, 2.05) is 65.6 Å². The number of carbonyl (C=O) groups excluding carboxylic acids is 1. The first kappa shape index (κ1) is 13.4. The Labute approximate surface area is 123 Å². The van der Waals surface area contributed by atoms with Gasteiger partial charge < -0.3 is 4.84 Å². The summed E-state index contributed by atoms with van der Waals surface area (Å²) in [5.41, 5.74) is 0.661. The van der Waals surface area contributed by atoms with Crippen molar-refractivity contribution in [3.8, 4) is 0 Å². The van der Waals surface area contributed by atoms with Gasteiger partial charge in [-0.3, -0.25) is 9.69 Å². The number of carbonyl (C=O) groups is 1. The highest BCUT2D eigenvalue weighted by molar-refractivity contribution is 6.14. The van der Waals surface area contributed by atoms with Crippen molar-refractivity contribution in [2.75, 3.05) is 4.90 Å². The van der Waals surface area contributed by atoms with E-state index in [0.29, 0.717) is 5.84 Å². The molecule has 1 atom stereocenters. The number of ketones is 1. The van der Waals surface area contributed by atoms with E-state index in [9.17, 15) is 4.79 Å². The molecule has 106 valence electrons. The Bertz CT molecular complexity index is 682. The molecule has 1 aliphatic heterocycles. The maximum absolute atomic E-state index is 12.1. The second kappa shape index (κ2) is 5.05. The number of amidine groups is 1. The number of benzene rings is 2. The summed E-state index contributed by atoms with van der Waals surface area (Å²) < 4.78 is 0. The summed E-state index contributed by atoms with van der Waals surface area (Å²) in [6.07, 6.45) is 0. The largest absolute Gasteiger partial charge is 0.357 e. The van der Waals surface area contributed by atoms with Gasteiger partial charge in [0.25, 0.3) is 5.72 Å². The van der Waals surface area contributed by atoms with E-state index >= 15 is 0 Å². The van der Waals surface area contributed by atoms with Crippen molar-refractivity contribution in [2.24, 2.45) is 5.16 Å². The van der Waals surface area contributed by atoms with Gasteiger partial charge in [-0.15, -0.1) is 0 Å². The fourth-order valence-corrected chi connectivity index (χ4v) is 2.35. The summed E-state index contributed by atoms with van der Waals surface area (Å²) in [7, 11) is 0. The van der Waals surface area contributed by atoms with Crippen molar-refractivity contribution < 1.29 is 9.63 Å². The molecule has 0 bridgehead atoms. The third-order valence-corrected chi connectivity index (χ3v) is 3.65. The quantitative estimate of drug-likeness (QED) is 0.867. The summed E-state index contributed by atoms with van der Waals surface area (Å²) in [6, 6.07) is 19.4. The normalized spacial score (nSPS) is 20.9. The monoisotopic (exact) mass is 280 g/mol. The minimum Gasteiger partial charge on any atom is -0.357 e. The fraction of sp³-hybridized carbons (Fsp3) is 0.176. The van der Waals surface area contributed by atoms with Crippen molar-refractivity contribution in [2.45, 2.75) is 19.6 Å². The predicted octanol–water partition coefficient (Wildman–Crippen LogP) is 3.19. The molecule has 0 aromatic heterocycles. The summed E-state index contributed by atoms with van der Waals surface area (Å²) in [5.74, 6) is 0.542. The Kier molecular flexibility index (Phi) is 3.22. The van der Waals surface area contributed by atoms with Gasteiger partial charge in [0.05, 0.1) is 0 Å². The predicted molar refractivity (Wildman–Crippen MR) is 82.1 cm³/mol. The Morgan fingerprint density at radius 1 is 1.05 bits per heavy atom. The first-order valence-electron chi connectivity index (χ1n) is 6.81. The van der Waals surface area contributed by atoms with Crippen LogP contribution < -0.4 is 4.90 Å². The maximum atomic E-state index is 12.1. The molecule has 0 saturated carbocycles.